The van der Waals surface area contributed by atoms with Gasteiger partial charge in [-0.15, -0.1) is 12.4 Å². The lowest BCUT2D eigenvalue weighted by atomic mass is 10.0. The van der Waals surface area contributed by atoms with Crippen LogP contribution in [0, 0.1) is 5.41 Å². The standard InChI is InChI=1S/C8H14N2O.ClH/c1-9-7(11)6-4-8(2-3-8)5-10-6;/h6,10H,2-5H2,1H3,(H,9,11);1H/t6-;/m0./s1. The molecular formula is C8H15ClN2O. The average Bonchev–Trinajstić information content (AvgIpc) is 2.61. The summed E-state index contributed by atoms with van der Waals surface area (Å²) in [5.74, 6) is 0.147. The molecule has 1 saturated carbocycles. The second-order valence-electron chi connectivity index (χ2n) is 3.75. The van der Waals surface area contributed by atoms with E-state index in [1.54, 1.807) is 7.05 Å². The molecule has 3 nitrogen and oxygen atoms in total. The molecular weight excluding hydrogens is 176 g/mol. The fraction of sp³-hybridized carbons (Fsp3) is 0.875. The molecule has 2 N–H and O–H groups in total. The van der Waals surface area contributed by atoms with Gasteiger partial charge in [0.1, 0.15) is 0 Å². The van der Waals surface area contributed by atoms with Crippen molar-refractivity contribution >= 4 is 18.3 Å². The lowest BCUT2D eigenvalue weighted by molar-refractivity contribution is -0.122. The molecule has 1 aliphatic carbocycles. The summed E-state index contributed by atoms with van der Waals surface area (Å²) < 4.78 is 0. The van der Waals surface area contributed by atoms with E-state index in [4.69, 9.17) is 0 Å². The topological polar surface area (TPSA) is 41.1 Å². The Kier molecular flexibility index (Phi) is 2.64. The van der Waals surface area contributed by atoms with E-state index in [2.05, 4.69) is 10.6 Å². The zero-order valence-corrected chi connectivity index (χ0v) is 8.04. The zero-order valence-electron chi connectivity index (χ0n) is 7.22. The van der Waals surface area contributed by atoms with E-state index in [0.717, 1.165) is 13.0 Å². The molecule has 1 saturated heterocycles. The van der Waals surface area contributed by atoms with Crippen LogP contribution in [-0.4, -0.2) is 25.5 Å². The fourth-order valence-electron chi connectivity index (χ4n) is 1.83. The highest BCUT2D eigenvalue weighted by Gasteiger charge is 2.49. The van der Waals surface area contributed by atoms with Crippen LogP contribution < -0.4 is 10.6 Å². The van der Waals surface area contributed by atoms with Gasteiger partial charge in [-0.3, -0.25) is 4.79 Å². The third-order valence-corrected chi connectivity index (χ3v) is 2.88. The molecule has 1 spiro atoms. The number of rotatable bonds is 1. The third kappa shape index (κ3) is 1.57. The Morgan fingerprint density at radius 3 is 2.67 bits per heavy atom. The van der Waals surface area contributed by atoms with Gasteiger partial charge in [0.05, 0.1) is 6.04 Å². The molecule has 12 heavy (non-hydrogen) atoms. The van der Waals surface area contributed by atoms with E-state index >= 15 is 0 Å². The maximum atomic E-state index is 11.2. The number of likely N-dealkylation sites (N-methyl/N-ethyl adjacent to an activating group) is 1. The average molecular weight is 191 g/mol. The van der Waals surface area contributed by atoms with Crippen molar-refractivity contribution in [3.63, 3.8) is 0 Å². The molecule has 2 fully saturated rings. The first-order valence-electron chi connectivity index (χ1n) is 4.21. The highest BCUT2D eigenvalue weighted by molar-refractivity contribution is 5.85. The van der Waals surface area contributed by atoms with Gasteiger partial charge in [-0.1, -0.05) is 0 Å². The molecule has 0 aromatic heterocycles. The van der Waals surface area contributed by atoms with Crippen molar-refractivity contribution in [3.8, 4) is 0 Å². The predicted molar refractivity (Wildman–Crippen MR) is 49.4 cm³/mol. The number of nitrogens with one attached hydrogen (secondary N) is 2. The van der Waals surface area contributed by atoms with Gasteiger partial charge in [0.25, 0.3) is 0 Å². The molecule has 70 valence electrons. The van der Waals surface area contributed by atoms with Gasteiger partial charge in [-0.25, -0.2) is 0 Å². The quantitative estimate of drug-likeness (QED) is 0.625. The van der Waals surface area contributed by atoms with Crippen molar-refractivity contribution in [2.45, 2.75) is 25.3 Å². The van der Waals surface area contributed by atoms with Crippen molar-refractivity contribution in [2.24, 2.45) is 5.41 Å². The largest absolute Gasteiger partial charge is 0.358 e. The summed E-state index contributed by atoms with van der Waals surface area (Å²) in [4.78, 5) is 11.2. The van der Waals surface area contributed by atoms with E-state index in [-0.39, 0.29) is 24.4 Å². The first kappa shape index (κ1) is 9.81. The Labute approximate surface area is 78.7 Å². The van der Waals surface area contributed by atoms with E-state index in [0.29, 0.717) is 5.41 Å². The maximum absolute atomic E-state index is 11.2. The number of hydrogen-bond acceptors (Lipinski definition) is 2. The highest BCUT2D eigenvalue weighted by atomic mass is 35.5. The Hall–Kier alpha value is -0.280. The SMILES string of the molecule is CNC(=O)[C@@H]1CC2(CC2)CN1.Cl. The molecule has 1 heterocycles. The van der Waals surface area contributed by atoms with Gasteiger partial charge in [0.15, 0.2) is 0 Å². The van der Waals surface area contributed by atoms with Crippen LogP contribution in [0.1, 0.15) is 19.3 Å². The molecule has 0 aromatic carbocycles. The minimum absolute atomic E-state index is 0. The third-order valence-electron chi connectivity index (χ3n) is 2.88. The van der Waals surface area contributed by atoms with Crippen molar-refractivity contribution in [1.29, 1.82) is 0 Å². The molecule has 4 heteroatoms. The molecule has 2 rings (SSSR count). The number of carbonyl (C=O) groups excluding carboxylic acids is 1. The maximum Gasteiger partial charge on any atom is 0.236 e. The van der Waals surface area contributed by atoms with Crippen LogP contribution in [0.2, 0.25) is 0 Å². The Morgan fingerprint density at radius 1 is 1.58 bits per heavy atom. The van der Waals surface area contributed by atoms with Gasteiger partial charge in [0.2, 0.25) is 5.91 Å². The lowest BCUT2D eigenvalue weighted by Crippen LogP contribution is -2.38. The number of halogens is 1. The summed E-state index contributed by atoms with van der Waals surface area (Å²) in [6.07, 6.45) is 3.67. The minimum atomic E-state index is 0. The van der Waals surface area contributed by atoms with Gasteiger partial charge in [0, 0.05) is 13.6 Å². The van der Waals surface area contributed by atoms with Crippen molar-refractivity contribution < 1.29 is 4.79 Å². The zero-order chi connectivity index (χ0) is 7.90. The Bertz CT molecular complexity index is 191. The van der Waals surface area contributed by atoms with Gasteiger partial charge < -0.3 is 10.6 Å². The summed E-state index contributed by atoms with van der Waals surface area (Å²) in [5, 5.41) is 5.92. The number of amides is 1. The normalized spacial score (nSPS) is 29.6. The van der Waals surface area contributed by atoms with Gasteiger partial charge in [-0.2, -0.15) is 0 Å². The summed E-state index contributed by atoms with van der Waals surface area (Å²) in [5.41, 5.74) is 0.525. The van der Waals surface area contributed by atoms with Crippen molar-refractivity contribution in [3.05, 3.63) is 0 Å². The monoisotopic (exact) mass is 190 g/mol. The lowest BCUT2D eigenvalue weighted by Gasteiger charge is -2.06. The first-order valence-corrected chi connectivity index (χ1v) is 4.21. The summed E-state index contributed by atoms with van der Waals surface area (Å²) >= 11 is 0. The van der Waals surface area contributed by atoms with Crippen LogP contribution >= 0.6 is 12.4 Å². The van der Waals surface area contributed by atoms with Gasteiger partial charge >= 0.3 is 0 Å². The molecule has 1 atom stereocenters. The molecule has 2 aliphatic rings. The van der Waals surface area contributed by atoms with Crippen LogP contribution in [0.15, 0.2) is 0 Å². The fourth-order valence-corrected chi connectivity index (χ4v) is 1.83. The van der Waals surface area contributed by atoms with E-state index < -0.39 is 0 Å². The first-order chi connectivity index (χ1) is 5.26. The second kappa shape index (κ2) is 3.23. The van der Waals surface area contributed by atoms with Gasteiger partial charge in [-0.05, 0) is 24.7 Å². The summed E-state index contributed by atoms with van der Waals surface area (Å²) in [7, 11) is 1.70. The van der Waals surface area contributed by atoms with Crippen LogP contribution in [0.25, 0.3) is 0 Å². The van der Waals surface area contributed by atoms with E-state index in [1.807, 2.05) is 0 Å². The number of hydrogen-bond donors (Lipinski definition) is 2. The van der Waals surface area contributed by atoms with Crippen LogP contribution in [0.4, 0.5) is 0 Å². The van der Waals surface area contributed by atoms with Crippen molar-refractivity contribution in [2.75, 3.05) is 13.6 Å². The molecule has 0 bridgehead atoms. The van der Waals surface area contributed by atoms with E-state index in [9.17, 15) is 4.79 Å². The molecule has 0 radical (unpaired) electrons. The summed E-state index contributed by atoms with van der Waals surface area (Å²) in [6.45, 7) is 1.05. The number of carbonyl (C=O) groups is 1. The summed E-state index contributed by atoms with van der Waals surface area (Å²) in [6, 6.07) is 0.0856. The van der Waals surface area contributed by atoms with E-state index in [1.165, 1.54) is 12.8 Å². The molecule has 1 amide bonds. The van der Waals surface area contributed by atoms with Crippen molar-refractivity contribution in [1.82, 2.24) is 10.6 Å². The second-order valence-corrected chi connectivity index (χ2v) is 3.75. The highest BCUT2D eigenvalue weighted by Crippen LogP contribution is 2.51. The van der Waals surface area contributed by atoms with Crippen LogP contribution in [0.5, 0.6) is 0 Å². The Balaban J connectivity index is 0.000000720. The molecule has 0 aromatic rings. The predicted octanol–water partition coefficient (Wildman–Crippen LogP) is 0.296. The van der Waals surface area contributed by atoms with Crippen LogP contribution in [-0.2, 0) is 4.79 Å². The Morgan fingerprint density at radius 2 is 2.25 bits per heavy atom. The molecule has 1 aliphatic heterocycles. The smallest absolute Gasteiger partial charge is 0.236 e. The molecule has 0 unspecified atom stereocenters. The van der Waals surface area contributed by atoms with Crippen LogP contribution in [0.3, 0.4) is 0 Å². The minimum Gasteiger partial charge on any atom is -0.358 e.